The minimum absolute atomic E-state index is 0.0910. The van der Waals surface area contributed by atoms with Crippen LogP contribution in [0.1, 0.15) is 67.2 Å². The molecule has 0 bridgehead atoms. The Morgan fingerprint density at radius 2 is 1.94 bits per heavy atom. The zero-order valence-corrected chi connectivity index (χ0v) is 21.8. The molecule has 0 aliphatic carbocycles. The van der Waals surface area contributed by atoms with Gasteiger partial charge in [0, 0.05) is 31.0 Å². The number of methoxy groups -OCH3 is 1. The van der Waals surface area contributed by atoms with Gasteiger partial charge in [-0.2, -0.15) is 0 Å². The number of nitrogens with one attached hydrogen (secondary N) is 1. The van der Waals surface area contributed by atoms with Crippen LogP contribution in [0.15, 0.2) is 24.3 Å². The lowest BCUT2D eigenvalue weighted by Crippen LogP contribution is -2.41. The molecular weight excluding hydrogens is 436 g/mol. The van der Waals surface area contributed by atoms with Crippen LogP contribution in [0.3, 0.4) is 0 Å². The van der Waals surface area contributed by atoms with E-state index in [-0.39, 0.29) is 29.7 Å². The highest BCUT2D eigenvalue weighted by Crippen LogP contribution is 2.29. The van der Waals surface area contributed by atoms with Crippen LogP contribution >= 0.6 is 11.3 Å². The number of carbonyl (C=O) groups is 2. The predicted octanol–water partition coefficient (Wildman–Crippen LogP) is 5.63. The standard InChI is InChI=1S/C25H38N4O3S/c1-8-18(3)29(22(31)14-17(2)16-25(4,5)6)13-12-21(30)26-24-28-27-23(33-24)19-10-9-11-20(15-19)32-7/h9-11,15,17-18H,8,12-14,16H2,1-7H3,(H,26,28,30)/t17-,18-/m1/s1. The van der Waals surface area contributed by atoms with Gasteiger partial charge < -0.3 is 15.0 Å². The first kappa shape index (κ1) is 26.8. The summed E-state index contributed by atoms with van der Waals surface area (Å²) >= 11 is 1.31. The number of rotatable bonds is 11. The molecule has 1 aromatic carbocycles. The quantitative estimate of drug-likeness (QED) is 0.456. The van der Waals surface area contributed by atoms with Crippen molar-refractivity contribution in [2.24, 2.45) is 11.3 Å². The zero-order valence-electron chi connectivity index (χ0n) is 21.0. The summed E-state index contributed by atoms with van der Waals surface area (Å²) in [6, 6.07) is 7.64. The first-order chi connectivity index (χ1) is 15.5. The fourth-order valence-corrected chi connectivity index (χ4v) is 4.65. The first-order valence-electron chi connectivity index (χ1n) is 11.6. The number of nitrogens with zero attached hydrogens (tertiary/aromatic N) is 3. The van der Waals surface area contributed by atoms with Gasteiger partial charge in [0.15, 0.2) is 0 Å². The highest BCUT2D eigenvalue weighted by Gasteiger charge is 2.24. The molecule has 33 heavy (non-hydrogen) atoms. The van der Waals surface area contributed by atoms with Crippen LogP contribution in [-0.2, 0) is 9.59 Å². The average Bonchev–Trinajstić information content (AvgIpc) is 3.20. The van der Waals surface area contributed by atoms with Gasteiger partial charge in [0.1, 0.15) is 10.8 Å². The van der Waals surface area contributed by atoms with Crippen LogP contribution < -0.4 is 10.1 Å². The van der Waals surface area contributed by atoms with Crippen molar-refractivity contribution in [3.05, 3.63) is 24.3 Å². The van der Waals surface area contributed by atoms with Crippen molar-refractivity contribution in [2.45, 2.75) is 73.3 Å². The van der Waals surface area contributed by atoms with Crippen molar-refractivity contribution in [3.63, 3.8) is 0 Å². The Morgan fingerprint density at radius 1 is 1.21 bits per heavy atom. The van der Waals surface area contributed by atoms with Crippen LogP contribution in [0.5, 0.6) is 5.75 Å². The fraction of sp³-hybridized carbons (Fsp3) is 0.600. The maximum Gasteiger partial charge on any atom is 0.227 e. The molecule has 2 aromatic rings. The SMILES string of the molecule is CC[C@@H](C)N(CCC(=O)Nc1nnc(-c2cccc(OC)c2)s1)C(=O)C[C@@H](C)CC(C)(C)C. The Kier molecular flexibility index (Phi) is 9.83. The van der Waals surface area contributed by atoms with Crippen LogP contribution in [0.4, 0.5) is 5.13 Å². The van der Waals surface area contributed by atoms with Crippen LogP contribution in [0.25, 0.3) is 10.6 Å². The summed E-state index contributed by atoms with van der Waals surface area (Å²) in [7, 11) is 1.61. The van der Waals surface area contributed by atoms with Crippen molar-refractivity contribution in [1.82, 2.24) is 15.1 Å². The van der Waals surface area contributed by atoms with Crippen molar-refractivity contribution in [2.75, 3.05) is 19.0 Å². The number of hydrogen-bond acceptors (Lipinski definition) is 6. The van der Waals surface area contributed by atoms with Gasteiger partial charge in [0.05, 0.1) is 7.11 Å². The smallest absolute Gasteiger partial charge is 0.227 e. The second-order valence-corrected chi connectivity index (χ2v) is 10.8. The Balaban J connectivity index is 1.95. The molecule has 1 N–H and O–H groups in total. The van der Waals surface area contributed by atoms with Gasteiger partial charge in [0.2, 0.25) is 16.9 Å². The van der Waals surface area contributed by atoms with E-state index in [2.05, 4.69) is 50.1 Å². The largest absolute Gasteiger partial charge is 0.497 e. The number of carbonyl (C=O) groups excluding carboxylic acids is 2. The monoisotopic (exact) mass is 474 g/mol. The topological polar surface area (TPSA) is 84.4 Å². The summed E-state index contributed by atoms with van der Waals surface area (Å²) in [4.78, 5) is 27.4. The van der Waals surface area contributed by atoms with E-state index in [4.69, 9.17) is 4.74 Å². The average molecular weight is 475 g/mol. The number of ether oxygens (including phenoxy) is 1. The molecule has 2 atom stereocenters. The number of aromatic nitrogens is 2. The van der Waals surface area contributed by atoms with Crippen molar-refractivity contribution >= 4 is 28.3 Å². The van der Waals surface area contributed by atoms with Crippen LogP contribution in [0.2, 0.25) is 0 Å². The summed E-state index contributed by atoms with van der Waals surface area (Å²) in [5.74, 6) is 0.978. The highest BCUT2D eigenvalue weighted by atomic mass is 32.1. The Labute approximate surface area is 201 Å². The lowest BCUT2D eigenvalue weighted by molar-refractivity contribution is -0.134. The summed E-state index contributed by atoms with van der Waals surface area (Å²) in [6.07, 6.45) is 2.56. The second-order valence-electron chi connectivity index (χ2n) is 9.86. The predicted molar refractivity (Wildman–Crippen MR) is 134 cm³/mol. The van der Waals surface area contributed by atoms with Gasteiger partial charge in [0.25, 0.3) is 0 Å². The molecule has 0 saturated heterocycles. The number of anilines is 1. The van der Waals surface area contributed by atoms with Crippen molar-refractivity contribution in [3.8, 4) is 16.3 Å². The van der Waals surface area contributed by atoms with E-state index in [9.17, 15) is 9.59 Å². The third-order valence-electron chi connectivity index (χ3n) is 5.49. The zero-order chi connectivity index (χ0) is 24.6. The van der Waals surface area contributed by atoms with Crippen LogP contribution in [0, 0.1) is 11.3 Å². The van der Waals surface area contributed by atoms with E-state index in [0.29, 0.717) is 29.0 Å². The van der Waals surface area contributed by atoms with E-state index in [1.54, 1.807) is 7.11 Å². The molecule has 0 aliphatic rings. The van der Waals surface area contributed by atoms with E-state index in [1.807, 2.05) is 36.1 Å². The lowest BCUT2D eigenvalue weighted by atomic mass is 9.84. The first-order valence-corrected chi connectivity index (χ1v) is 12.4. The van der Waals surface area contributed by atoms with Gasteiger partial charge in [-0.3, -0.25) is 9.59 Å². The van der Waals surface area contributed by atoms with E-state index < -0.39 is 0 Å². The molecule has 2 rings (SSSR count). The molecule has 182 valence electrons. The molecule has 0 fully saturated rings. The number of amides is 2. The van der Waals surface area contributed by atoms with Gasteiger partial charge in [-0.15, -0.1) is 10.2 Å². The summed E-state index contributed by atoms with van der Waals surface area (Å²) in [5, 5.41) is 12.2. The highest BCUT2D eigenvalue weighted by molar-refractivity contribution is 7.18. The molecule has 2 amide bonds. The third-order valence-corrected chi connectivity index (χ3v) is 6.38. The fourth-order valence-electron chi connectivity index (χ4n) is 3.89. The molecule has 0 saturated carbocycles. The molecular formula is C25H38N4O3S. The Bertz CT molecular complexity index is 922. The molecule has 0 aliphatic heterocycles. The molecule has 8 heteroatoms. The Morgan fingerprint density at radius 3 is 2.58 bits per heavy atom. The molecule has 1 heterocycles. The minimum atomic E-state index is -0.174. The number of benzene rings is 1. The van der Waals surface area contributed by atoms with Crippen LogP contribution in [-0.4, -0.2) is 46.6 Å². The molecule has 1 aromatic heterocycles. The lowest BCUT2D eigenvalue weighted by Gasteiger charge is -2.31. The number of hydrogen-bond donors (Lipinski definition) is 1. The van der Waals surface area contributed by atoms with Crippen molar-refractivity contribution in [1.29, 1.82) is 0 Å². The normalized spacial score (nSPS) is 13.3. The molecule has 0 radical (unpaired) electrons. The maximum absolute atomic E-state index is 13.0. The molecule has 0 spiro atoms. The van der Waals surface area contributed by atoms with Gasteiger partial charge in [-0.25, -0.2) is 0 Å². The minimum Gasteiger partial charge on any atom is -0.497 e. The van der Waals surface area contributed by atoms with Gasteiger partial charge >= 0.3 is 0 Å². The molecule has 0 unspecified atom stereocenters. The maximum atomic E-state index is 13.0. The summed E-state index contributed by atoms with van der Waals surface area (Å²) in [5.41, 5.74) is 1.07. The van der Waals surface area contributed by atoms with E-state index in [0.717, 1.165) is 24.2 Å². The van der Waals surface area contributed by atoms with Gasteiger partial charge in [-0.1, -0.05) is 58.1 Å². The van der Waals surface area contributed by atoms with Crippen molar-refractivity contribution < 1.29 is 14.3 Å². The third kappa shape index (κ3) is 8.76. The summed E-state index contributed by atoms with van der Waals surface area (Å²) < 4.78 is 5.25. The Hall–Kier alpha value is -2.48. The second kappa shape index (κ2) is 12.1. The molecule has 7 nitrogen and oxygen atoms in total. The summed E-state index contributed by atoms with van der Waals surface area (Å²) in [6.45, 7) is 13.2. The van der Waals surface area contributed by atoms with E-state index >= 15 is 0 Å². The van der Waals surface area contributed by atoms with E-state index in [1.165, 1.54) is 11.3 Å². The van der Waals surface area contributed by atoms with Gasteiger partial charge in [-0.05, 0) is 43.2 Å².